The van der Waals surface area contributed by atoms with Gasteiger partial charge in [0.2, 0.25) is 0 Å². The van der Waals surface area contributed by atoms with Crippen molar-refractivity contribution < 1.29 is 9.47 Å². The van der Waals surface area contributed by atoms with Gasteiger partial charge < -0.3 is 14.0 Å². The average molecular weight is 386 g/mol. The van der Waals surface area contributed by atoms with Crippen LogP contribution in [0.4, 0.5) is 0 Å². The number of aryl methyl sites for hydroxylation is 1. The fourth-order valence-corrected chi connectivity index (χ4v) is 4.48. The molecule has 0 N–H and O–H groups in total. The number of rotatable bonds is 4. The van der Waals surface area contributed by atoms with E-state index in [-0.39, 0.29) is 6.10 Å². The molecule has 1 saturated carbocycles. The first kappa shape index (κ1) is 18.3. The quantitative estimate of drug-likeness (QED) is 0.572. The van der Waals surface area contributed by atoms with Gasteiger partial charge in [-0.15, -0.1) is 0 Å². The summed E-state index contributed by atoms with van der Waals surface area (Å²) in [5, 5.41) is 11.1. The molecule has 0 radical (unpaired) electrons. The largest absolute Gasteiger partial charge is 0.490 e. The number of hydrogen-bond acceptors (Lipinski definition) is 3. The summed E-state index contributed by atoms with van der Waals surface area (Å²) in [6.07, 6.45) is 5.65. The minimum absolute atomic E-state index is 0.209. The molecule has 1 aromatic heterocycles. The Balaban J connectivity index is 1.64. The monoisotopic (exact) mass is 386 g/mol. The van der Waals surface area contributed by atoms with Gasteiger partial charge in [0.05, 0.1) is 30.0 Å². The molecule has 2 heterocycles. The Bertz CT molecular complexity index is 1060. The number of ether oxygens (including phenoxy) is 2. The topological polar surface area (TPSA) is 47.2 Å². The number of nitriles is 1. The van der Waals surface area contributed by atoms with E-state index in [1.165, 1.54) is 24.8 Å². The highest BCUT2D eigenvalue weighted by atomic mass is 16.5. The van der Waals surface area contributed by atoms with Gasteiger partial charge in [0, 0.05) is 30.3 Å². The molecular weight excluding hydrogens is 360 g/mol. The van der Waals surface area contributed by atoms with E-state index in [1.54, 1.807) is 0 Å². The van der Waals surface area contributed by atoms with E-state index in [2.05, 4.69) is 54.0 Å². The maximum atomic E-state index is 10.0. The maximum absolute atomic E-state index is 10.0. The molecule has 0 bridgehead atoms. The molecule has 1 saturated heterocycles. The zero-order valence-corrected chi connectivity index (χ0v) is 16.9. The number of hydrogen-bond donors (Lipinski definition) is 0. The van der Waals surface area contributed by atoms with E-state index in [4.69, 9.17) is 9.47 Å². The lowest BCUT2D eigenvalue weighted by Gasteiger charge is -2.30. The van der Waals surface area contributed by atoms with Crippen molar-refractivity contribution in [2.24, 2.45) is 0 Å². The fourth-order valence-electron chi connectivity index (χ4n) is 4.48. The second-order valence-electron chi connectivity index (χ2n) is 8.26. The number of aromatic nitrogens is 1. The Morgan fingerprint density at radius 2 is 1.79 bits per heavy atom. The Hall–Kier alpha value is -2.77. The van der Waals surface area contributed by atoms with Crippen molar-refractivity contribution in [3.8, 4) is 23.1 Å². The lowest BCUT2D eigenvalue weighted by atomic mass is 9.92. The Morgan fingerprint density at radius 1 is 1.03 bits per heavy atom. The van der Waals surface area contributed by atoms with Gasteiger partial charge in [-0.1, -0.05) is 29.8 Å². The second kappa shape index (κ2) is 7.57. The Morgan fingerprint density at radius 3 is 2.45 bits per heavy atom. The summed E-state index contributed by atoms with van der Waals surface area (Å²) in [5.41, 5.74) is 5.28. The van der Waals surface area contributed by atoms with Crippen LogP contribution in [0.5, 0.6) is 5.75 Å². The van der Waals surface area contributed by atoms with Crippen LogP contribution in [0.2, 0.25) is 0 Å². The van der Waals surface area contributed by atoms with Gasteiger partial charge in [0.25, 0.3) is 0 Å². The molecule has 2 aliphatic rings. The number of fused-ring (bicyclic) bond motifs is 1. The van der Waals surface area contributed by atoms with E-state index < -0.39 is 0 Å². The summed E-state index contributed by atoms with van der Waals surface area (Å²) in [6.45, 7) is 3.62. The van der Waals surface area contributed by atoms with Gasteiger partial charge in [-0.2, -0.15) is 5.26 Å². The zero-order valence-electron chi connectivity index (χ0n) is 16.9. The summed E-state index contributed by atoms with van der Waals surface area (Å²) in [4.78, 5) is 0. The maximum Gasteiger partial charge on any atom is 0.121 e. The van der Waals surface area contributed by atoms with Crippen molar-refractivity contribution in [1.82, 2.24) is 4.57 Å². The van der Waals surface area contributed by atoms with Crippen molar-refractivity contribution in [2.75, 3.05) is 13.2 Å². The van der Waals surface area contributed by atoms with Gasteiger partial charge in [-0.05, 0) is 43.9 Å². The first-order chi connectivity index (χ1) is 14.2. The van der Waals surface area contributed by atoms with Crippen molar-refractivity contribution in [3.05, 3.63) is 53.6 Å². The predicted molar refractivity (Wildman–Crippen MR) is 114 cm³/mol. The van der Waals surface area contributed by atoms with Gasteiger partial charge >= 0.3 is 0 Å². The van der Waals surface area contributed by atoms with E-state index in [0.29, 0.717) is 6.04 Å². The molecule has 0 spiro atoms. The van der Waals surface area contributed by atoms with E-state index in [0.717, 1.165) is 59.5 Å². The minimum atomic E-state index is 0.209. The number of nitrogens with zero attached hydrogens (tertiary/aromatic N) is 2. The highest BCUT2D eigenvalue weighted by molar-refractivity contribution is 5.95. The molecule has 2 fully saturated rings. The normalized spacial score (nSPS) is 17.8. The van der Waals surface area contributed by atoms with Gasteiger partial charge in [0.15, 0.2) is 0 Å². The minimum Gasteiger partial charge on any atom is -0.490 e. The highest BCUT2D eigenvalue weighted by Crippen LogP contribution is 2.43. The molecule has 4 heteroatoms. The smallest absolute Gasteiger partial charge is 0.121 e. The molecule has 0 atom stereocenters. The van der Waals surface area contributed by atoms with Crippen LogP contribution in [0.25, 0.3) is 22.2 Å². The summed E-state index contributed by atoms with van der Waals surface area (Å²) in [7, 11) is 0. The molecule has 1 aliphatic carbocycles. The fraction of sp³-hybridized carbons (Fsp3) is 0.400. The second-order valence-corrected chi connectivity index (χ2v) is 8.26. The van der Waals surface area contributed by atoms with Crippen LogP contribution in [-0.2, 0) is 4.74 Å². The average Bonchev–Trinajstić information content (AvgIpc) is 3.01. The van der Waals surface area contributed by atoms with Crippen LogP contribution >= 0.6 is 0 Å². The third kappa shape index (κ3) is 3.30. The Labute approximate surface area is 171 Å². The van der Waals surface area contributed by atoms with E-state index >= 15 is 0 Å². The first-order valence-corrected chi connectivity index (χ1v) is 10.6. The molecule has 5 rings (SSSR count). The van der Waals surface area contributed by atoms with Crippen molar-refractivity contribution in [3.63, 3.8) is 0 Å². The van der Waals surface area contributed by atoms with E-state index in [1.807, 2.05) is 6.07 Å². The summed E-state index contributed by atoms with van der Waals surface area (Å²) < 4.78 is 14.1. The standard InChI is InChI=1S/C25H26N2O2/c1-17-5-7-18(8-6-17)25-23(16-26)22-10-9-21(29-20-11-13-28-14-12-20)15-24(22)27(25)19-3-2-4-19/h5-10,15,19-20H,2-4,11-14H2,1H3. The van der Waals surface area contributed by atoms with Crippen molar-refractivity contribution in [1.29, 1.82) is 5.26 Å². The molecular formula is C25H26N2O2. The van der Waals surface area contributed by atoms with Crippen LogP contribution < -0.4 is 4.74 Å². The lowest BCUT2D eigenvalue weighted by Crippen LogP contribution is -2.25. The van der Waals surface area contributed by atoms with Crippen LogP contribution in [-0.4, -0.2) is 23.9 Å². The van der Waals surface area contributed by atoms with Gasteiger partial charge in [-0.3, -0.25) is 0 Å². The highest BCUT2D eigenvalue weighted by Gasteiger charge is 2.28. The van der Waals surface area contributed by atoms with E-state index in [9.17, 15) is 5.26 Å². The summed E-state index contributed by atoms with van der Waals surface area (Å²) >= 11 is 0. The Kier molecular flexibility index (Phi) is 4.77. The van der Waals surface area contributed by atoms with Crippen molar-refractivity contribution in [2.45, 2.75) is 51.2 Å². The molecule has 0 unspecified atom stereocenters. The molecule has 1 aliphatic heterocycles. The first-order valence-electron chi connectivity index (χ1n) is 10.6. The molecule has 148 valence electrons. The zero-order chi connectivity index (χ0) is 19.8. The molecule has 3 aromatic rings. The van der Waals surface area contributed by atoms with Gasteiger partial charge in [-0.25, -0.2) is 0 Å². The predicted octanol–water partition coefficient (Wildman–Crippen LogP) is 5.77. The summed E-state index contributed by atoms with van der Waals surface area (Å²) in [5.74, 6) is 0.891. The van der Waals surface area contributed by atoms with Crippen LogP contribution in [0.15, 0.2) is 42.5 Å². The van der Waals surface area contributed by atoms with Crippen molar-refractivity contribution >= 4 is 10.9 Å². The van der Waals surface area contributed by atoms with Crippen LogP contribution in [0.1, 0.15) is 49.3 Å². The summed E-state index contributed by atoms with van der Waals surface area (Å²) in [6, 6.07) is 17.7. The number of benzene rings is 2. The molecule has 29 heavy (non-hydrogen) atoms. The van der Waals surface area contributed by atoms with Gasteiger partial charge in [0.1, 0.15) is 17.9 Å². The third-order valence-electron chi connectivity index (χ3n) is 6.32. The van der Waals surface area contributed by atoms with Crippen LogP contribution in [0.3, 0.4) is 0 Å². The lowest BCUT2D eigenvalue weighted by molar-refractivity contribution is 0.0256. The molecule has 2 aromatic carbocycles. The SMILES string of the molecule is Cc1ccc(-c2c(C#N)c3ccc(OC4CCOCC4)cc3n2C2CCC2)cc1. The molecule has 0 amide bonds. The third-order valence-corrected chi connectivity index (χ3v) is 6.32. The molecule has 4 nitrogen and oxygen atoms in total. The van der Waals surface area contributed by atoms with Crippen LogP contribution in [0, 0.1) is 18.3 Å².